The van der Waals surface area contributed by atoms with Crippen LogP contribution in [0.25, 0.3) is 10.8 Å². The van der Waals surface area contributed by atoms with Gasteiger partial charge < -0.3 is 5.73 Å². The first-order valence-electron chi connectivity index (χ1n) is 5.29. The highest BCUT2D eigenvalue weighted by Crippen LogP contribution is 2.41. The molecule has 2 N–H and O–H groups in total. The van der Waals surface area contributed by atoms with Crippen molar-refractivity contribution in [1.29, 1.82) is 0 Å². The Morgan fingerprint density at radius 3 is 3.00 bits per heavy atom. The lowest BCUT2D eigenvalue weighted by Gasteiger charge is -2.10. The van der Waals surface area contributed by atoms with Crippen molar-refractivity contribution in [3.63, 3.8) is 0 Å². The quantitative estimate of drug-likeness (QED) is 0.814. The summed E-state index contributed by atoms with van der Waals surface area (Å²) in [6, 6.07) is 8.59. The minimum absolute atomic E-state index is 0.484. The lowest BCUT2D eigenvalue weighted by molar-refractivity contribution is 0.992. The summed E-state index contributed by atoms with van der Waals surface area (Å²) in [5.74, 6) is 0. The maximum atomic E-state index is 5.79. The average Bonchev–Trinajstić information content (AvgIpc) is 2.75. The van der Waals surface area contributed by atoms with E-state index in [1.54, 1.807) is 11.8 Å². The van der Waals surface area contributed by atoms with Gasteiger partial charge in [0.2, 0.25) is 0 Å². The summed E-state index contributed by atoms with van der Waals surface area (Å²) in [7, 11) is 0. The molecule has 0 saturated heterocycles. The molecule has 3 heteroatoms. The van der Waals surface area contributed by atoms with Crippen molar-refractivity contribution < 1.29 is 0 Å². The first-order valence-corrected chi connectivity index (χ1v) is 6.17. The van der Waals surface area contributed by atoms with Crippen molar-refractivity contribution in [2.24, 2.45) is 5.73 Å². The Bertz CT molecular complexity index is 563. The molecule has 0 aliphatic carbocycles. The molecule has 2 nitrogen and oxygen atoms in total. The predicted octanol–water partition coefficient (Wildman–Crippen LogP) is 3.21. The molecule has 2 aromatic rings. The number of nitrogens with two attached hydrogens (primary N) is 1. The Morgan fingerprint density at radius 2 is 2.19 bits per heavy atom. The van der Waals surface area contributed by atoms with Gasteiger partial charge >= 0.3 is 0 Å². The van der Waals surface area contributed by atoms with Crippen molar-refractivity contribution in [3.8, 4) is 0 Å². The van der Waals surface area contributed by atoms with Crippen molar-refractivity contribution in [2.75, 3.05) is 0 Å². The van der Waals surface area contributed by atoms with Gasteiger partial charge in [-0.3, -0.25) is 4.98 Å². The van der Waals surface area contributed by atoms with Crippen LogP contribution in [0, 0.1) is 0 Å². The van der Waals surface area contributed by atoms with Crippen LogP contribution in [0.4, 0.5) is 0 Å². The predicted molar refractivity (Wildman–Crippen MR) is 69.0 cm³/mol. The van der Waals surface area contributed by atoms with E-state index in [0.29, 0.717) is 5.25 Å². The van der Waals surface area contributed by atoms with Crippen LogP contribution in [-0.4, -0.2) is 4.98 Å². The van der Waals surface area contributed by atoms with E-state index < -0.39 is 0 Å². The monoisotopic (exact) mass is 228 g/mol. The van der Waals surface area contributed by atoms with Gasteiger partial charge in [-0.15, -0.1) is 11.8 Å². The highest BCUT2D eigenvalue weighted by molar-refractivity contribution is 8.03. The van der Waals surface area contributed by atoms with Crippen LogP contribution >= 0.6 is 11.8 Å². The second-order valence-corrected chi connectivity index (χ2v) is 5.21. The van der Waals surface area contributed by atoms with Crippen molar-refractivity contribution in [2.45, 2.75) is 11.7 Å². The number of thioether (sulfide) groups is 1. The Balaban J connectivity index is 1.99. The SMILES string of the molecule is NC1=CCC(c2ccc3cnccc3c2)S1. The molecular weight excluding hydrogens is 216 g/mol. The number of aromatic nitrogens is 1. The number of nitrogens with zero attached hydrogens (tertiary/aromatic N) is 1. The molecule has 0 radical (unpaired) electrons. The Morgan fingerprint density at radius 1 is 1.25 bits per heavy atom. The molecule has 1 aliphatic rings. The number of hydrogen-bond acceptors (Lipinski definition) is 3. The van der Waals surface area contributed by atoms with Crippen LogP contribution in [0.15, 0.2) is 47.8 Å². The summed E-state index contributed by atoms with van der Waals surface area (Å²) in [6.07, 6.45) is 6.87. The topological polar surface area (TPSA) is 38.9 Å². The molecule has 0 amide bonds. The zero-order chi connectivity index (χ0) is 11.0. The third-order valence-electron chi connectivity index (χ3n) is 2.85. The van der Waals surface area contributed by atoms with Gasteiger partial charge in [-0.25, -0.2) is 0 Å². The largest absolute Gasteiger partial charge is 0.394 e. The zero-order valence-corrected chi connectivity index (χ0v) is 9.58. The van der Waals surface area contributed by atoms with E-state index in [4.69, 9.17) is 5.73 Å². The normalized spacial score (nSPS) is 20.0. The summed E-state index contributed by atoms with van der Waals surface area (Å²) >= 11 is 1.75. The van der Waals surface area contributed by atoms with Crippen LogP contribution in [0.3, 0.4) is 0 Å². The number of rotatable bonds is 1. The summed E-state index contributed by atoms with van der Waals surface area (Å²) in [5.41, 5.74) is 7.14. The average molecular weight is 228 g/mol. The summed E-state index contributed by atoms with van der Waals surface area (Å²) in [6.45, 7) is 0. The summed E-state index contributed by atoms with van der Waals surface area (Å²) in [4.78, 5) is 4.12. The molecule has 0 spiro atoms. The van der Waals surface area contributed by atoms with E-state index in [1.807, 2.05) is 12.4 Å². The molecule has 3 rings (SSSR count). The molecule has 2 heterocycles. The minimum Gasteiger partial charge on any atom is -0.394 e. The minimum atomic E-state index is 0.484. The van der Waals surface area contributed by atoms with E-state index in [-0.39, 0.29) is 0 Å². The van der Waals surface area contributed by atoms with Crippen LogP contribution in [-0.2, 0) is 0 Å². The van der Waals surface area contributed by atoms with Gasteiger partial charge in [0.1, 0.15) is 0 Å². The van der Waals surface area contributed by atoms with Gasteiger partial charge in [-0.1, -0.05) is 18.2 Å². The van der Waals surface area contributed by atoms with E-state index in [2.05, 4.69) is 35.3 Å². The molecule has 1 aromatic heterocycles. The van der Waals surface area contributed by atoms with Gasteiger partial charge in [-0.2, -0.15) is 0 Å². The molecule has 16 heavy (non-hydrogen) atoms. The Labute approximate surface area is 98.6 Å². The van der Waals surface area contributed by atoms with Crippen LogP contribution in [0.2, 0.25) is 0 Å². The number of hydrogen-bond donors (Lipinski definition) is 1. The van der Waals surface area contributed by atoms with Crippen molar-refractivity contribution in [3.05, 3.63) is 53.3 Å². The first kappa shape index (κ1) is 9.73. The van der Waals surface area contributed by atoms with E-state index in [0.717, 1.165) is 11.4 Å². The van der Waals surface area contributed by atoms with Crippen LogP contribution in [0.1, 0.15) is 17.2 Å². The smallest absolute Gasteiger partial charge is 0.0621 e. The van der Waals surface area contributed by atoms with E-state index >= 15 is 0 Å². The second-order valence-electron chi connectivity index (χ2n) is 3.93. The number of benzene rings is 1. The van der Waals surface area contributed by atoms with Gasteiger partial charge in [0, 0.05) is 23.0 Å². The highest BCUT2D eigenvalue weighted by atomic mass is 32.2. The van der Waals surface area contributed by atoms with E-state index in [9.17, 15) is 0 Å². The zero-order valence-electron chi connectivity index (χ0n) is 8.76. The number of pyridine rings is 1. The van der Waals surface area contributed by atoms with Crippen LogP contribution in [0.5, 0.6) is 0 Å². The fourth-order valence-electron chi connectivity index (χ4n) is 1.99. The Hall–Kier alpha value is -1.48. The maximum Gasteiger partial charge on any atom is 0.0621 e. The fraction of sp³-hybridized carbons (Fsp3) is 0.154. The fourth-order valence-corrected chi connectivity index (χ4v) is 2.99. The molecule has 0 saturated carbocycles. The molecule has 0 fully saturated rings. The Kier molecular flexibility index (Phi) is 2.33. The molecular formula is C13H12N2S. The lowest BCUT2D eigenvalue weighted by atomic mass is 10.1. The highest BCUT2D eigenvalue weighted by Gasteiger charge is 2.17. The molecule has 0 bridgehead atoms. The third-order valence-corrected chi connectivity index (χ3v) is 4.04. The molecule has 1 aromatic carbocycles. The van der Waals surface area contributed by atoms with Gasteiger partial charge in [0.25, 0.3) is 0 Å². The summed E-state index contributed by atoms with van der Waals surface area (Å²) in [5, 5.41) is 3.87. The second kappa shape index (κ2) is 3.83. The van der Waals surface area contributed by atoms with Crippen molar-refractivity contribution >= 4 is 22.5 Å². The van der Waals surface area contributed by atoms with Gasteiger partial charge in [0.05, 0.1) is 5.03 Å². The van der Waals surface area contributed by atoms with Gasteiger partial charge in [-0.05, 0) is 29.5 Å². The molecule has 1 aliphatic heterocycles. The van der Waals surface area contributed by atoms with Crippen molar-refractivity contribution in [1.82, 2.24) is 4.98 Å². The third kappa shape index (κ3) is 1.67. The maximum absolute atomic E-state index is 5.79. The van der Waals surface area contributed by atoms with Gasteiger partial charge in [0.15, 0.2) is 0 Å². The first-order chi connectivity index (χ1) is 7.83. The molecule has 1 atom stereocenters. The molecule has 80 valence electrons. The van der Waals surface area contributed by atoms with E-state index in [1.165, 1.54) is 16.3 Å². The molecule has 1 unspecified atom stereocenters. The lowest BCUT2D eigenvalue weighted by Crippen LogP contribution is -1.91. The van der Waals surface area contributed by atoms with Crippen LogP contribution < -0.4 is 5.73 Å². The number of fused-ring (bicyclic) bond motifs is 1. The number of allylic oxidation sites excluding steroid dienone is 1. The summed E-state index contributed by atoms with van der Waals surface area (Å²) < 4.78 is 0. The standard InChI is InChI=1S/C13H12N2S/c14-13-4-3-12(16-13)10-1-2-11-8-15-6-5-9(11)7-10/h1-2,4-8,12H,3,14H2.